The van der Waals surface area contributed by atoms with Crippen LogP contribution in [-0.4, -0.2) is 20.1 Å². The summed E-state index contributed by atoms with van der Waals surface area (Å²) in [5.41, 5.74) is -0.217. The van der Waals surface area contributed by atoms with E-state index < -0.39 is 11.7 Å². The Balaban J connectivity index is 2.39. The minimum absolute atomic E-state index is 0.243. The van der Waals surface area contributed by atoms with Crippen LogP contribution in [0, 0.1) is 0 Å². The second-order valence-electron chi connectivity index (χ2n) is 3.36. The number of hydrogen-bond acceptors (Lipinski definition) is 3. The van der Waals surface area contributed by atoms with Gasteiger partial charge in [-0.3, -0.25) is 0 Å². The van der Waals surface area contributed by atoms with E-state index in [1.807, 2.05) is 0 Å². The fourth-order valence-electron chi connectivity index (χ4n) is 1.32. The van der Waals surface area contributed by atoms with E-state index in [1.54, 1.807) is 0 Å². The average Bonchev–Trinajstić information content (AvgIpc) is 2.76. The molecule has 1 N–H and O–H groups in total. The molecule has 90 valence electrons. The summed E-state index contributed by atoms with van der Waals surface area (Å²) in [6.07, 6.45) is -3.02. The van der Waals surface area contributed by atoms with Crippen LogP contribution in [0.3, 0.4) is 0 Å². The standard InChI is InChI=1S/C10H8F3N3O/c11-10(12,13)7-2-1-3-9(4-7)16-5-8(6-17)14-15-16/h1-5,17H,6H2. The molecule has 0 fully saturated rings. The zero-order chi connectivity index (χ0) is 12.5. The third-order valence-corrected chi connectivity index (χ3v) is 2.14. The zero-order valence-corrected chi connectivity index (χ0v) is 8.52. The molecule has 17 heavy (non-hydrogen) atoms. The van der Waals surface area contributed by atoms with Gasteiger partial charge >= 0.3 is 6.18 Å². The van der Waals surface area contributed by atoms with E-state index in [9.17, 15) is 13.2 Å². The third-order valence-electron chi connectivity index (χ3n) is 2.14. The van der Waals surface area contributed by atoms with Gasteiger partial charge in [-0.1, -0.05) is 11.3 Å². The van der Waals surface area contributed by atoms with E-state index >= 15 is 0 Å². The van der Waals surface area contributed by atoms with Crippen LogP contribution in [0.4, 0.5) is 13.2 Å². The van der Waals surface area contributed by atoms with Crippen molar-refractivity contribution in [1.29, 1.82) is 0 Å². The fourth-order valence-corrected chi connectivity index (χ4v) is 1.32. The van der Waals surface area contributed by atoms with Gasteiger partial charge in [0.1, 0.15) is 5.69 Å². The van der Waals surface area contributed by atoms with Gasteiger partial charge in [-0.2, -0.15) is 13.2 Å². The van der Waals surface area contributed by atoms with Crippen molar-refractivity contribution in [2.45, 2.75) is 12.8 Å². The second kappa shape index (κ2) is 4.17. The molecule has 0 atom stereocenters. The molecule has 0 radical (unpaired) electrons. The molecule has 1 heterocycles. The van der Waals surface area contributed by atoms with Crippen LogP contribution in [0.15, 0.2) is 30.5 Å². The highest BCUT2D eigenvalue weighted by Gasteiger charge is 2.30. The minimum atomic E-state index is -4.39. The molecule has 2 rings (SSSR count). The van der Waals surface area contributed by atoms with Crippen LogP contribution in [0.2, 0.25) is 0 Å². The van der Waals surface area contributed by atoms with E-state index in [0.717, 1.165) is 12.1 Å². The largest absolute Gasteiger partial charge is 0.416 e. The zero-order valence-electron chi connectivity index (χ0n) is 8.52. The van der Waals surface area contributed by atoms with Gasteiger partial charge < -0.3 is 5.11 Å². The Labute approximate surface area is 94.3 Å². The van der Waals surface area contributed by atoms with E-state index in [4.69, 9.17) is 5.11 Å². The molecule has 0 aliphatic rings. The Kier molecular flexibility index (Phi) is 2.84. The Bertz CT molecular complexity index is 522. The first-order valence-corrected chi connectivity index (χ1v) is 4.70. The molecule has 0 saturated carbocycles. The first kappa shape index (κ1) is 11.6. The molecule has 0 aliphatic carbocycles. The molecule has 1 aromatic carbocycles. The minimum Gasteiger partial charge on any atom is -0.390 e. The molecule has 0 aliphatic heterocycles. The molecule has 7 heteroatoms. The smallest absolute Gasteiger partial charge is 0.390 e. The number of aromatic nitrogens is 3. The van der Waals surface area contributed by atoms with Crippen molar-refractivity contribution in [3.05, 3.63) is 41.7 Å². The lowest BCUT2D eigenvalue weighted by molar-refractivity contribution is -0.137. The lowest BCUT2D eigenvalue weighted by Gasteiger charge is -2.07. The number of hydrogen-bond donors (Lipinski definition) is 1. The Morgan fingerprint density at radius 2 is 2.06 bits per heavy atom. The van der Waals surface area contributed by atoms with Crippen LogP contribution >= 0.6 is 0 Å². The Hall–Kier alpha value is -1.89. The van der Waals surface area contributed by atoms with Gasteiger partial charge in [0.25, 0.3) is 0 Å². The van der Waals surface area contributed by atoms with Gasteiger partial charge in [0, 0.05) is 0 Å². The summed E-state index contributed by atoms with van der Waals surface area (Å²) in [6, 6.07) is 4.72. The van der Waals surface area contributed by atoms with Gasteiger partial charge in [0.15, 0.2) is 0 Å². The van der Waals surface area contributed by atoms with Crippen LogP contribution in [0.5, 0.6) is 0 Å². The monoisotopic (exact) mass is 243 g/mol. The molecule has 0 saturated heterocycles. The van der Waals surface area contributed by atoms with Crippen molar-refractivity contribution in [2.75, 3.05) is 0 Å². The van der Waals surface area contributed by atoms with Gasteiger partial charge in [-0.05, 0) is 18.2 Å². The number of rotatable bonds is 2. The molecule has 0 unspecified atom stereocenters. The summed E-state index contributed by atoms with van der Waals surface area (Å²) < 4.78 is 38.6. The summed E-state index contributed by atoms with van der Waals surface area (Å²) in [5, 5.41) is 16.0. The highest BCUT2D eigenvalue weighted by atomic mass is 19.4. The molecule has 1 aromatic heterocycles. The predicted octanol–water partition coefficient (Wildman–Crippen LogP) is 1.78. The summed E-state index contributed by atoms with van der Waals surface area (Å²) in [5.74, 6) is 0. The number of benzene rings is 1. The van der Waals surface area contributed by atoms with Crippen LogP contribution in [0.1, 0.15) is 11.3 Å². The quantitative estimate of drug-likeness (QED) is 0.874. The highest BCUT2D eigenvalue weighted by Crippen LogP contribution is 2.30. The maximum atomic E-state index is 12.5. The number of halogens is 3. The number of nitrogens with zero attached hydrogens (tertiary/aromatic N) is 3. The molecular weight excluding hydrogens is 235 g/mol. The van der Waals surface area contributed by atoms with Crippen molar-refractivity contribution in [3.8, 4) is 5.69 Å². The first-order chi connectivity index (χ1) is 8.00. The second-order valence-corrected chi connectivity index (χ2v) is 3.36. The van der Waals surface area contributed by atoms with E-state index in [2.05, 4.69) is 10.3 Å². The van der Waals surface area contributed by atoms with E-state index in [0.29, 0.717) is 5.69 Å². The number of aliphatic hydroxyl groups is 1. The van der Waals surface area contributed by atoms with E-state index in [-0.39, 0.29) is 12.3 Å². The van der Waals surface area contributed by atoms with Gasteiger partial charge in [-0.15, -0.1) is 5.10 Å². The van der Waals surface area contributed by atoms with Crippen molar-refractivity contribution in [1.82, 2.24) is 15.0 Å². The van der Waals surface area contributed by atoms with Crippen molar-refractivity contribution < 1.29 is 18.3 Å². The molecule has 0 spiro atoms. The lowest BCUT2D eigenvalue weighted by atomic mass is 10.2. The lowest BCUT2D eigenvalue weighted by Crippen LogP contribution is -2.06. The Morgan fingerprint density at radius 3 is 2.65 bits per heavy atom. The maximum absolute atomic E-state index is 12.5. The Morgan fingerprint density at radius 1 is 1.29 bits per heavy atom. The number of alkyl halides is 3. The fraction of sp³-hybridized carbons (Fsp3) is 0.200. The van der Waals surface area contributed by atoms with Gasteiger partial charge in [0.05, 0.1) is 24.1 Å². The van der Waals surface area contributed by atoms with Gasteiger partial charge in [-0.25, -0.2) is 4.68 Å². The average molecular weight is 243 g/mol. The highest BCUT2D eigenvalue weighted by molar-refractivity contribution is 5.36. The van der Waals surface area contributed by atoms with E-state index in [1.165, 1.54) is 23.0 Å². The third kappa shape index (κ3) is 2.44. The van der Waals surface area contributed by atoms with Crippen molar-refractivity contribution in [3.63, 3.8) is 0 Å². The molecule has 0 amide bonds. The van der Waals surface area contributed by atoms with Crippen LogP contribution < -0.4 is 0 Å². The summed E-state index contributed by atoms with van der Waals surface area (Å²) >= 11 is 0. The molecular formula is C10H8F3N3O. The SMILES string of the molecule is OCc1cn(-c2cccc(C(F)(F)F)c2)nn1. The molecule has 0 bridgehead atoms. The topological polar surface area (TPSA) is 50.9 Å². The number of aliphatic hydroxyl groups excluding tert-OH is 1. The molecule has 4 nitrogen and oxygen atoms in total. The molecule has 2 aromatic rings. The van der Waals surface area contributed by atoms with Crippen LogP contribution in [0.25, 0.3) is 5.69 Å². The predicted molar refractivity (Wildman–Crippen MR) is 52.3 cm³/mol. The summed E-state index contributed by atoms with van der Waals surface area (Å²) in [6.45, 7) is -0.307. The summed E-state index contributed by atoms with van der Waals surface area (Å²) in [7, 11) is 0. The normalized spacial score (nSPS) is 11.8. The van der Waals surface area contributed by atoms with Crippen molar-refractivity contribution in [2.24, 2.45) is 0 Å². The van der Waals surface area contributed by atoms with Crippen molar-refractivity contribution >= 4 is 0 Å². The van der Waals surface area contributed by atoms with Crippen LogP contribution in [-0.2, 0) is 12.8 Å². The summed E-state index contributed by atoms with van der Waals surface area (Å²) in [4.78, 5) is 0. The first-order valence-electron chi connectivity index (χ1n) is 4.70. The van der Waals surface area contributed by atoms with Gasteiger partial charge in [0.2, 0.25) is 0 Å². The maximum Gasteiger partial charge on any atom is 0.416 e.